The van der Waals surface area contributed by atoms with Crippen LogP contribution in [-0.4, -0.2) is 11.6 Å². The van der Waals surface area contributed by atoms with E-state index in [-0.39, 0.29) is 11.6 Å². The van der Waals surface area contributed by atoms with Crippen molar-refractivity contribution >= 4 is 11.3 Å². The van der Waals surface area contributed by atoms with Gasteiger partial charge in [-0.15, -0.1) is 11.3 Å². The molecule has 0 bridgehead atoms. The summed E-state index contributed by atoms with van der Waals surface area (Å²) in [4.78, 5) is 4.80. The second-order valence-corrected chi connectivity index (χ2v) is 6.32. The van der Waals surface area contributed by atoms with E-state index in [1.54, 1.807) is 11.3 Å². The minimum atomic E-state index is -0.109. The molecule has 108 valence electrons. The molecule has 1 aromatic rings. The first-order valence-electron chi connectivity index (χ1n) is 7.57. The molecule has 1 heterocycles. The van der Waals surface area contributed by atoms with Gasteiger partial charge in [0.25, 0.3) is 0 Å². The summed E-state index contributed by atoms with van der Waals surface area (Å²) in [6.45, 7) is 5.03. The topological polar surface area (TPSA) is 48.1 Å². The van der Waals surface area contributed by atoms with Crippen molar-refractivity contribution in [1.82, 2.24) is 4.98 Å². The zero-order valence-corrected chi connectivity index (χ0v) is 13.0. The lowest BCUT2D eigenvalue weighted by atomic mass is 10.0. The van der Waals surface area contributed by atoms with Crippen molar-refractivity contribution in [1.29, 1.82) is 0 Å². The van der Waals surface area contributed by atoms with Crippen LogP contribution in [0.3, 0.4) is 0 Å². The summed E-state index contributed by atoms with van der Waals surface area (Å²) in [6.07, 6.45) is 8.10. The molecule has 2 rings (SSSR count). The number of aromatic nitrogens is 1. The molecule has 1 aromatic heterocycles. The van der Waals surface area contributed by atoms with E-state index in [0.717, 1.165) is 36.6 Å². The molecule has 4 heteroatoms. The molecule has 0 amide bonds. The van der Waals surface area contributed by atoms with Crippen LogP contribution in [0.1, 0.15) is 75.5 Å². The first-order valence-corrected chi connectivity index (χ1v) is 8.45. The van der Waals surface area contributed by atoms with Crippen LogP contribution in [-0.2, 0) is 10.3 Å². The molecule has 2 N–H and O–H groups in total. The van der Waals surface area contributed by atoms with E-state index >= 15 is 0 Å². The second kappa shape index (κ2) is 6.82. The van der Waals surface area contributed by atoms with Gasteiger partial charge < -0.3 is 10.5 Å². The second-order valence-electron chi connectivity index (χ2n) is 5.46. The maximum atomic E-state index is 6.21. The van der Waals surface area contributed by atoms with Gasteiger partial charge in [-0.05, 0) is 26.2 Å². The lowest BCUT2D eigenvalue weighted by Crippen LogP contribution is -2.26. The molecule has 19 heavy (non-hydrogen) atoms. The van der Waals surface area contributed by atoms with Crippen LogP contribution >= 0.6 is 11.3 Å². The smallest absolute Gasteiger partial charge is 0.125 e. The predicted molar refractivity (Wildman–Crippen MR) is 80.3 cm³/mol. The van der Waals surface area contributed by atoms with Crippen LogP contribution in [0, 0.1) is 0 Å². The van der Waals surface area contributed by atoms with Crippen molar-refractivity contribution in [2.24, 2.45) is 5.73 Å². The molecule has 3 nitrogen and oxygen atoms in total. The van der Waals surface area contributed by atoms with Gasteiger partial charge in [-0.3, -0.25) is 0 Å². The maximum Gasteiger partial charge on any atom is 0.125 e. The summed E-state index contributed by atoms with van der Waals surface area (Å²) in [6, 6.07) is 0.0880. The van der Waals surface area contributed by atoms with Gasteiger partial charge >= 0.3 is 0 Å². The molecule has 1 atom stereocenters. The van der Waals surface area contributed by atoms with Gasteiger partial charge in [0.1, 0.15) is 10.6 Å². The number of nitrogens with two attached hydrogens (primary N) is 1. The van der Waals surface area contributed by atoms with E-state index in [1.165, 1.54) is 25.7 Å². The molecule has 0 aliphatic heterocycles. The molecule has 0 radical (unpaired) electrons. The Balaban J connectivity index is 2.10. The third-order valence-corrected chi connectivity index (χ3v) is 5.04. The molecule has 1 unspecified atom stereocenters. The third-order valence-electron chi connectivity index (χ3n) is 3.99. The molecule has 0 saturated heterocycles. The highest BCUT2D eigenvalue weighted by atomic mass is 32.1. The van der Waals surface area contributed by atoms with Crippen molar-refractivity contribution in [3.63, 3.8) is 0 Å². The Morgan fingerprint density at radius 2 is 2.16 bits per heavy atom. The fourth-order valence-electron chi connectivity index (χ4n) is 2.88. The van der Waals surface area contributed by atoms with E-state index in [2.05, 4.69) is 19.2 Å². The normalized spacial score (nSPS) is 19.7. The summed E-state index contributed by atoms with van der Waals surface area (Å²) in [5.74, 6) is 0. The number of thiazole rings is 1. The number of unbranched alkanes of at least 4 members (excludes halogenated alkanes) is 1. The lowest BCUT2D eigenvalue weighted by Gasteiger charge is -2.26. The van der Waals surface area contributed by atoms with Gasteiger partial charge in [0.05, 0.1) is 5.69 Å². The average molecular weight is 282 g/mol. The Morgan fingerprint density at radius 1 is 1.42 bits per heavy atom. The van der Waals surface area contributed by atoms with Crippen molar-refractivity contribution in [3.05, 3.63) is 16.1 Å². The molecule has 1 fully saturated rings. The molecule has 1 saturated carbocycles. The first kappa shape index (κ1) is 14.9. The van der Waals surface area contributed by atoms with Crippen LogP contribution in [0.15, 0.2) is 5.38 Å². The van der Waals surface area contributed by atoms with E-state index in [1.807, 2.05) is 0 Å². The number of ether oxygens (including phenoxy) is 1. The molecule has 1 aliphatic rings. The van der Waals surface area contributed by atoms with Crippen molar-refractivity contribution in [3.8, 4) is 0 Å². The molecule has 0 spiro atoms. The van der Waals surface area contributed by atoms with E-state index in [9.17, 15) is 0 Å². The Hall–Kier alpha value is -0.450. The van der Waals surface area contributed by atoms with Crippen LogP contribution in [0.2, 0.25) is 0 Å². The Bertz CT molecular complexity index is 385. The number of rotatable bonds is 7. The molecular formula is C15H26N2OS. The Morgan fingerprint density at radius 3 is 2.79 bits per heavy atom. The summed E-state index contributed by atoms with van der Waals surface area (Å²) in [7, 11) is 0. The third kappa shape index (κ3) is 3.36. The highest BCUT2D eigenvalue weighted by molar-refractivity contribution is 7.09. The lowest BCUT2D eigenvalue weighted by molar-refractivity contribution is -0.0392. The summed E-state index contributed by atoms with van der Waals surface area (Å²) < 4.78 is 6.06. The Kier molecular flexibility index (Phi) is 5.37. The number of hydrogen-bond donors (Lipinski definition) is 1. The fourth-order valence-corrected chi connectivity index (χ4v) is 3.98. The quantitative estimate of drug-likeness (QED) is 0.817. The van der Waals surface area contributed by atoms with Gasteiger partial charge in [0, 0.05) is 18.0 Å². The summed E-state index contributed by atoms with van der Waals surface area (Å²) in [5, 5.41) is 3.28. The zero-order chi connectivity index (χ0) is 13.7. The van der Waals surface area contributed by atoms with E-state index < -0.39 is 0 Å². The van der Waals surface area contributed by atoms with Crippen LogP contribution in [0.5, 0.6) is 0 Å². The fraction of sp³-hybridized carbons (Fsp3) is 0.800. The highest BCUT2D eigenvalue weighted by Crippen LogP contribution is 2.43. The van der Waals surface area contributed by atoms with E-state index in [4.69, 9.17) is 15.5 Å². The van der Waals surface area contributed by atoms with Crippen LogP contribution in [0.4, 0.5) is 0 Å². The average Bonchev–Trinajstić information content (AvgIpc) is 3.05. The summed E-state index contributed by atoms with van der Waals surface area (Å²) in [5.41, 5.74) is 7.16. The standard InChI is InChI=1S/C15H26N2OS/c1-3-5-8-12(16)13-11-19-14(17-13)15(18-4-2)9-6-7-10-15/h11-12H,3-10,16H2,1-2H3. The number of hydrogen-bond acceptors (Lipinski definition) is 4. The Labute approximate surface area is 120 Å². The number of nitrogens with zero attached hydrogens (tertiary/aromatic N) is 1. The zero-order valence-electron chi connectivity index (χ0n) is 12.2. The predicted octanol–water partition coefficient (Wildman–Crippen LogP) is 4.14. The van der Waals surface area contributed by atoms with Gasteiger partial charge in [0.15, 0.2) is 0 Å². The van der Waals surface area contributed by atoms with Gasteiger partial charge in [-0.25, -0.2) is 4.98 Å². The van der Waals surface area contributed by atoms with Gasteiger partial charge in [-0.1, -0.05) is 32.6 Å². The van der Waals surface area contributed by atoms with E-state index in [0.29, 0.717) is 0 Å². The monoisotopic (exact) mass is 282 g/mol. The van der Waals surface area contributed by atoms with Crippen molar-refractivity contribution in [2.45, 2.75) is 70.4 Å². The molecule has 1 aliphatic carbocycles. The highest BCUT2D eigenvalue weighted by Gasteiger charge is 2.39. The molecule has 0 aromatic carbocycles. The maximum absolute atomic E-state index is 6.21. The van der Waals surface area contributed by atoms with Crippen molar-refractivity contribution in [2.75, 3.05) is 6.61 Å². The summed E-state index contributed by atoms with van der Waals surface area (Å²) >= 11 is 1.73. The minimum Gasteiger partial charge on any atom is -0.368 e. The van der Waals surface area contributed by atoms with Gasteiger partial charge in [-0.2, -0.15) is 0 Å². The van der Waals surface area contributed by atoms with Crippen LogP contribution < -0.4 is 5.73 Å². The SMILES string of the molecule is CCCCC(N)c1csc(C2(OCC)CCCC2)n1. The largest absolute Gasteiger partial charge is 0.368 e. The first-order chi connectivity index (χ1) is 9.22. The van der Waals surface area contributed by atoms with Crippen molar-refractivity contribution < 1.29 is 4.74 Å². The minimum absolute atomic E-state index is 0.0880. The van der Waals surface area contributed by atoms with Gasteiger partial charge in [0.2, 0.25) is 0 Å². The van der Waals surface area contributed by atoms with Crippen LogP contribution in [0.25, 0.3) is 0 Å². The molecular weight excluding hydrogens is 256 g/mol.